The average Bonchev–Trinajstić information content (AvgIpc) is 2.69. The van der Waals surface area contributed by atoms with Gasteiger partial charge in [0.1, 0.15) is 5.75 Å². The summed E-state index contributed by atoms with van der Waals surface area (Å²) in [7, 11) is 1.65. The first-order chi connectivity index (χ1) is 12.2. The van der Waals surface area contributed by atoms with Crippen molar-refractivity contribution in [1.82, 2.24) is 5.32 Å². The van der Waals surface area contributed by atoms with Gasteiger partial charge in [0.15, 0.2) is 0 Å². The number of carbonyl (C=O) groups excluding carboxylic acids is 1. The van der Waals surface area contributed by atoms with Crippen molar-refractivity contribution in [3.8, 4) is 5.75 Å². The molecule has 0 aliphatic carbocycles. The quantitative estimate of drug-likeness (QED) is 0.905. The fraction of sp³-hybridized carbons (Fsp3) is 0.381. The number of hydrogen-bond acceptors (Lipinski definition) is 3. The third-order valence-corrected chi connectivity index (χ3v) is 5.06. The molecule has 25 heavy (non-hydrogen) atoms. The van der Waals surface area contributed by atoms with Crippen molar-refractivity contribution in [1.29, 1.82) is 0 Å². The highest BCUT2D eigenvalue weighted by Crippen LogP contribution is 2.36. The second kappa shape index (κ2) is 7.70. The van der Waals surface area contributed by atoms with E-state index in [2.05, 4.69) is 5.32 Å². The number of ether oxygens (including phenoxy) is 2. The van der Waals surface area contributed by atoms with Gasteiger partial charge in [0, 0.05) is 18.8 Å². The Kier molecular flexibility index (Phi) is 5.39. The molecule has 0 bridgehead atoms. The summed E-state index contributed by atoms with van der Waals surface area (Å²) in [5.74, 6) is 0.844. The summed E-state index contributed by atoms with van der Waals surface area (Å²) in [5, 5.41) is 3.21. The van der Waals surface area contributed by atoms with Gasteiger partial charge in [0.25, 0.3) is 0 Å². The summed E-state index contributed by atoms with van der Waals surface area (Å²) in [6.07, 6.45) is 1.39. The molecule has 1 saturated heterocycles. The van der Waals surface area contributed by atoms with E-state index < -0.39 is 5.41 Å². The third kappa shape index (κ3) is 3.54. The van der Waals surface area contributed by atoms with E-state index in [1.165, 1.54) is 0 Å². The van der Waals surface area contributed by atoms with Crippen molar-refractivity contribution >= 4 is 5.91 Å². The van der Waals surface area contributed by atoms with E-state index in [4.69, 9.17) is 9.47 Å². The zero-order chi connectivity index (χ0) is 17.7. The second-order valence-electron chi connectivity index (χ2n) is 6.50. The molecule has 0 radical (unpaired) electrons. The predicted molar refractivity (Wildman–Crippen MR) is 97.7 cm³/mol. The van der Waals surface area contributed by atoms with Crippen LogP contribution in [0, 0.1) is 0 Å². The molecule has 0 unspecified atom stereocenters. The van der Waals surface area contributed by atoms with Crippen LogP contribution in [0.1, 0.15) is 36.9 Å². The first-order valence-corrected chi connectivity index (χ1v) is 8.74. The van der Waals surface area contributed by atoms with E-state index in [-0.39, 0.29) is 11.9 Å². The lowest BCUT2D eigenvalue weighted by molar-refractivity contribution is -0.131. The maximum atomic E-state index is 13.3. The number of methoxy groups -OCH3 is 1. The Morgan fingerprint density at radius 2 is 1.72 bits per heavy atom. The lowest BCUT2D eigenvalue weighted by Crippen LogP contribution is -2.48. The molecule has 1 atom stereocenters. The van der Waals surface area contributed by atoms with E-state index in [0.29, 0.717) is 26.1 Å². The lowest BCUT2D eigenvalue weighted by Gasteiger charge is -2.37. The largest absolute Gasteiger partial charge is 0.496 e. The number of carbonyl (C=O) groups is 1. The van der Waals surface area contributed by atoms with Crippen LogP contribution in [0.3, 0.4) is 0 Å². The maximum Gasteiger partial charge on any atom is 0.231 e. The summed E-state index contributed by atoms with van der Waals surface area (Å²) in [4.78, 5) is 13.3. The highest BCUT2D eigenvalue weighted by molar-refractivity contribution is 5.88. The Hall–Kier alpha value is -2.33. The van der Waals surface area contributed by atoms with Crippen LogP contribution in [0.25, 0.3) is 0 Å². The number of para-hydroxylation sites is 1. The zero-order valence-electron chi connectivity index (χ0n) is 14.8. The fourth-order valence-electron chi connectivity index (χ4n) is 3.56. The molecule has 3 rings (SSSR count). The highest BCUT2D eigenvalue weighted by Gasteiger charge is 2.42. The molecular weight excluding hydrogens is 314 g/mol. The topological polar surface area (TPSA) is 47.6 Å². The summed E-state index contributed by atoms with van der Waals surface area (Å²) in [6.45, 7) is 3.20. The highest BCUT2D eigenvalue weighted by atomic mass is 16.5. The normalized spacial score (nSPS) is 17.5. The van der Waals surface area contributed by atoms with Crippen LogP contribution in [-0.2, 0) is 14.9 Å². The molecule has 2 aromatic carbocycles. The van der Waals surface area contributed by atoms with Gasteiger partial charge in [-0.1, -0.05) is 48.5 Å². The average molecular weight is 339 g/mol. The number of hydrogen-bond donors (Lipinski definition) is 1. The van der Waals surface area contributed by atoms with Crippen molar-refractivity contribution in [3.63, 3.8) is 0 Å². The number of benzene rings is 2. The molecule has 0 spiro atoms. The van der Waals surface area contributed by atoms with Crippen LogP contribution in [0.5, 0.6) is 5.75 Å². The van der Waals surface area contributed by atoms with Crippen molar-refractivity contribution in [3.05, 3.63) is 65.7 Å². The van der Waals surface area contributed by atoms with Gasteiger partial charge < -0.3 is 14.8 Å². The fourth-order valence-corrected chi connectivity index (χ4v) is 3.56. The van der Waals surface area contributed by atoms with E-state index >= 15 is 0 Å². The van der Waals surface area contributed by atoms with Crippen LogP contribution in [0.2, 0.25) is 0 Å². The minimum absolute atomic E-state index is 0.0559. The van der Waals surface area contributed by atoms with Gasteiger partial charge in [-0.15, -0.1) is 0 Å². The van der Waals surface area contributed by atoms with Crippen LogP contribution < -0.4 is 10.1 Å². The van der Waals surface area contributed by atoms with Gasteiger partial charge in [-0.05, 0) is 31.4 Å². The molecule has 1 fully saturated rings. The summed E-state index contributed by atoms with van der Waals surface area (Å²) in [6, 6.07) is 17.7. The van der Waals surface area contributed by atoms with Crippen LogP contribution in [0.4, 0.5) is 0 Å². The van der Waals surface area contributed by atoms with Crippen molar-refractivity contribution in [2.75, 3.05) is 20.3 Å². The SMILES string of the molecule is COc1ccccc1[C@@H](C)NC(=O)C1(c2ccccc2)CCOCC1. The van der Waals surface area contributed by atoms with Crippen LogP contribution in [0.15, 0.2) is 54.6 Å². The van der Waals surface area contributed by atoms with Gasteiger partial charge in [-0.3, -0.25) is 4.79 Å². The molecule has 1 aliphatic heterocycles. The van der Waals surface area contributed by atoms with Gasteiger partial charge in [-0.2, -0.15) is 0 Å². The lowest BCUT2D eigenvalue weighted by atomic mass is 9.73. The van der Waals surface area contributed by atoms with Crippen molar-refractivity contribution in [2.24, 2.45) is 0 Å². The molecular formula is C21H25NO3. The minimum Gasteiger partial charge on any atom is -0.496 e. The zero-order valence-corrected chi connectivity index (χ0v) is 14.8. The maximum absolute atomic E-state index is 13.3. The van der Waals surface area contributed by atoms with E-state index in [9.17, 15) is 4.79 Å². The van der Waals surface area contributed by atoms with Crippen LogP contribution >= 0.6 is 0 Å². The first-order valence-electron chi connectivity index (χ1n) is 8.74. The van der Waals surface area contributed by atoms with E-state index in [1.807, 2.05) is 61.5 Å². The van der Waals surface area contributed by atoms with Gasteiger partial charge >= 0.3 is 0 Å². The predicted octanol–water partition coefficient (Wildman–Crippen LogP) is 3.62. The Morgan fingerprint density at radius 1 is 1.08 bits per heavy atom. The number of rotatable bonds is 5. The molecule has 0 aromatic heterocycles. The standard InChI is InChI=1S/C21H25NO3/c1-16(18-10-6-7-11-19(18)24-2)22-20(23)21(12-14-25-15-13-21)17-8-4-3-5-9-17/h3-11,16H,12-15H2,1-2H3,(H,22,23)/t16-/m1/s1. The van der Waals surface area contributed by atoms with Gasteiger partial charge in [-0.25, -0.2) is 0 Å². The smallest absolute Gasteiger partial charge is 0.231 e. The van der Waals surface area contributed by atoms with E-state index in [1.54, 1.807) is 7.11 Å². The van der Waals surface area contributed by atoms with Gasteiger partial charge in [0.05, 0.1) is 18.6 Å². The Labute approximate surface area is 149 Å². The molecule has 1 heterocycles. The number of amides is 1. The van der Waals surface area contributed by atoms with Crippen molar-refractivity contribution in [2.45, 2.75) is 31.2 Å². The Bertz CT molecular complexity index is 708. The molecule has 4 heteroatoms. The third-order valence-electron chi connectivity index (χ3n) is 5.06. The Morgan fingerprint density at radius 3 is 2.40 bits per heavy atom. The first kappa shape index (κ1) is 17.5. The molecule has 132 valence electrons. The minimum atomic E-state index is -0.532. The molecule has 2 aromatic rings. The molecule has 1 N–H and O–H groups in total. The van der Waals surface area contributed by atoms with Crippen molar-refractivity contribution < 1.29 is 14.3 Å². The summed E-state index contributed by atoms with van der Waals surface area (Å²) in [5.41, 5.74) is 1.51. The second-order valence-corrected chi connectivity index (χ2v) is 6.50. The summed E-state index contributed by atoms with van der Waals surface area (Å²) < 4.78 is 11.0. The summed E-state index contributed by atoms with van der Waals surface area (Å²) >= 11 is 0. The number of nitrogens with one attached hydrogen (secondary N) is 1. The van der Waals surface area contributed by atoms with Crippen LogP contribution in [-0.4, -0.2) is 26.2 Å². The molecule has 0 saturated carbocycles. The van der Waals surface area contributed by atoms with E-state index in [0.717, 1.165) is 16.9 Å². The Balaban J connectivity index is 1.86. The molecule has 1 aliphatic rings. The monoisotopic (exact) mass is 339 g/mol. The molecule has 1 amide bonds. The molecule has 4 nitrogen and oxygen atoms in total. The van der Waals surface area contributed by atoms with Gasteiger partial charge in [0.2, 0.25) is 5.91 Å².